The van der Waals surface area contributed by atoms with Gasteiger partial charge in [-0.15, -0.1) is 0 Å². The third-order valence-corrected chi connectivity index (χ3v) is 22.4. The molecule has 3 N–H and O–H groups in total. The Bertz CT molecular complexity index is 489. The van der Waals surface area contributed by atoms with E-state index in [4.69, 9.17) is 29.1 Å². The summed E-state index contributed by atoms with van der Waals surface area (Å²) in [7, 11) is -10.7. The van der Waals surface area contributed by atoms with Gasteiger partial charge in [0, 0.05) is 13.1 Å². The zero-order valence-electron chi connectivity index (χ0n) is 21.4. The van der Waals surface area contributed by atoms with Crippen LogP contribution in [0.3, 0.4) is 0 Å². The summed E-state index contributed by atoms with van der Waals surface area (Å²) < 4.78 is 27.0. The van der Waals surface area contributed by atoms with Gasteiger partial charge in [0.15, 0.2) is 16.6 Å². The first-order valence-corrected chi connectivity index (χ1v) is 26.0. The predicted octanol–water partition coefficient (Wildman–Crippen LogP) is 5.00. The predicted molar refractivity (Wildman–Crippen MR) is 141 cm³/mol. The molecule has 0 aromatic carbocycles. The fourth-order valence-electron chi connectivity index (χ4n) is 3.81. The van der Waals surface area contributed by atoms with Crippen molar-refractivity contribution >= 4 is 42.3 Å². The molecule has 0 bridgehead atoms. The SMILES string of the molecule is [CH]CCC[Si](C)(O[Si](C)(C)C)O[Si](C)(CCCNCCN)O[Si](C)(C)O[Si](C)(C)C. The molecule has 0 saturated heterocycles. The first-order valence-electron chi connectivity index (χ1n) is 11.4. The molecule has 0 amide bonds. The Balaban J connectivity index is 5.58. The molecule has 2 radical (unpaired) electrons. The summed E-state index contributed by atoms with van der Waals surface area (Å²) in [6, 6.07) is 1.82. The first kappa shape index (κ1) is 30.8. The van der Waals surface area contributed by atoms with Crippen molar-refractivity contribution in [2.45, 2.75) is 96.8 Å². The van der Waals surface area contributed by atoms with E-state index in [0.717, 1.165) is 38.0 Å². The van der Waals surface area contributed by atoms with Crippen molar-refractivity contribution in [3.05, 3.63) is 6.92 Å². The second-order valence-electron chi connectivity index (χ2n) is 10.8. The quantitative estimate of drug-likeness (QED) is 0.212. The van der Waals surface area contributed by atoms with Crippen LogP contribution in [0.1, 0.15) is 19.3 Å². The summed E-state index contributed by atoms with van der Waals surface area (Å²) in [5.74, 6) is 0. The van der Waals surface area contributed by atoms with Gasteiger partial charge >= 0.3 is 25.7 Å². The monoisotopic (exact) mass is 510 g/mol. The Morgan fingerprint density at radius 2 is 1.17 bits per heavy atom. The maximum atomic E-state index is 6.99. The molecular formula is C19H50N2O4Si5. The maximum Gasteiger partial charge on any atom is 0.317 e. The van der Waals surface area contributed by atoms with Gasteiger partial charge in [-0.05, 0) is 104 Å². The highest BCUT2D eigenvalue weighted by Crippen LogP contribution is 2.31. The number of nitrogens with two attached hydrogens (primary N) is 1. The minimum absolute atomic E-state index is 0.653. The van der Waals surface area contributed by atoms with Crippen LogP contribution >= 0.6 is 0 Å². The zero-order chi connectivity index (χ0) is 23.7. The maximum absolute atomic E-state index is 6.99. The summed E-state index contributed by atoms with van der Waals surface area (Å²) in [5, 5.41) is 3.39. The van der Waals surface area contributed by atoms with Crippen LogP contribution in [0.15, 0.2) is 0 Å². The number of rotatable bonds is 17. The van der Waals surface area contributed by atoms with E-state index < -0.39 is 42.3 Å². The van der Waals surface area contributed by atoms with Gasteiger partial charge in [0.05, 0.1) is 0 Å². The Hall–Kier alpha value is 0.844. The van der Waals surface area contributed by atoms with Crippen molar-refractivity contribution in [2.24, 2.45) is 5.73 Å². The lowest BCUT2D eigenvalue weighted by atomic mass is 10.4. The number of nitrogens with one attached hydrogen (secondary N) is 1. The van der Waals surface area contributed by atoms with E-state index >= 15 is 0 Å². The molecule has 0 aromatic heterocycles. The molecule has 0 aromatic rings. The Labute approximate surface area is 193 Å². The lowest BCUT2D eigenvalue weighted by Gasteiger charge is -2.44. The number of unbranched alkanes of at least 4 members (excludes halogenated alkanes) is 1. The molecule has 0 fully saturated rings. The fourth-order valence-corrected chi connectivity index (χ4v) is 27.6. The molecule has 0 aliphatic carbocycles. The molecule has 0 heterocycles. The molecule has 0 aliphatic rings. The molecule has 0 aliphatic heterocycles. The highest BCUT2D eigenvalue weighted by atomic mass is 28.5. The second kappa shape index (κ2) is 12.9. The Morgan fingerprint density at radius 1 is 0.667 bits per heavy atom. The van der Waals surface area contributed by atoms with E-state index in [1.807, 2.05) is 0 Å². The fraction of sp³-hybridized carbons (Fsp3) is 0.947. The lowest BCUT2D eigenvalue weighted by Crippen LogP contribution is -2.60. The average molecular weight is 511 g/mol. The van der Waals surface area contributed by atoms with Gasteiger partial charge in [-0.25, -0.2) is 0 Å². The van der Waals surface area contributed by atoms with Gasteiger partial charge in [0.25, 0.3) is 0 Å². The first-order chi connectivity index (χ1) is 13.4. The summed E-state index contributed by atoms with van der Waals surface area (Å²) in [5.41, 5.74) is 5.60. The van der Waals surface area contributed by atoms with Crippen LogP contribution in [-0.4, -0.2) is 62.0 Å². The van der Waals surface area contributed by atoms with Gasteiger partial charge in [0.1, 0.15) is 0 Å². The summed E-state index contributed by atoms with van der Waals surface area (Å²) >= 11 is 0. The minimum Gasteiger partial charge on any atom is -0.437 e. The molecule has 0 rings (SSSR count). The molecule has 30 heavy (non-hydrogen) atoms. The van der Waals surface area contributed by atoms with Crippen LogP contribution in [0.5, 0.6) is 0 Å². The van der Waals surface area contributed by atoms with Gasteiger partial charge in [-0.3, -0.25) is 0 Å². The minimum atomic E-state index is -2.52. The van der Waals surface area contributed by atoms with E-state index in [-0.39, 0.29) is 0 Å². The smallest absolute Gasteiger partial charge is 0.317 e. The average Bonchev–Trinajstić information content (AvgIpc) is 2.47. The zero-order valence-corrected chi connectivity index (χ0v) is 26.4. The van der Waals surface area contributed by atoms with Crippen LogP contribution in [0, 0.1) is 6.92 Å². The normalized spacial score (nSPS) is 17.6. The molecular weight excluding hydrogens is 461 g/mol. The molecule has 11 heteroatoms. The van der Waals surface area contributed by atoms with Crippen molar-refractivity contribution in [1.29, 1.82) is 0 Å². The molecule has 0 saturated carbocycles. The van der Waals surface area contributed by atoms with Crippen molar-refractivity contribution in [1.82, 2.24) is 5.32 Å². The number of hydrogen-bond acceptors (Lipinski definition) is 6. The summed E-state index contributed by atoms with van der Waals surface area (Å²) in [6.07, 6.45) is 2.57. The Morgan fingerprint density at radius 3 is 1.63 bits per heavy atom. The van der Waals surface area contributed by atoms with Gasteiger partial charge in [0.2, 0.25) is 0 Å². The largest absolute Gasteiger partial charge is 0.437 e. The highest BCUT2D eigenvalue weighted by Gasteiger charge is 2.48. The second-order valence-corrected chi connectivity index (χ2v) is 30.9. The van der Waals surface area contributed by atoms with Crippen molar-refractivity contribution in [3.8, 4) is 0 Å². The molecule has 2 unspecified atom stereocenters. The topological polar surface area (TPSA) is 75.0 Å². The number of hydrogen-bond donors (Lipinski definition) is 2. The molecule has 0 spiro atoms. The summed E-state index contributed by atoms with van der Waals surface area (Å²) in [6.45, 7) is 30.3. The highest BCUT2D eigenvalue weighted by molar-refractivity contribution is 6.90. The van der Waals surface area contributed by atoms with Crippen molar-refractivity contribution in [2.75, 3.05) is 19.6 Å². The molecule has 180 valence electrons. The Kier molecular flexibility index (Phi) is 13.3. The standard InChI is InChI=1S/C19H50N2O4Si5/c1-12-13-18-29(10,23-27(5,6)7)25-30(11,19-14-16-21-17-15-20)24-28(8,9)22-26(2,3)4/h1,21H,12-20H2,2-11H3. The van der Waals surface area contributed by atoms with Crippen molar-refractivity contribution in [3.63, 3.8) is 0 Å². The van der Waals surface area contributed by atoms with E-state index in [2.05, 4.69) is 70.8 Å². The molecule has 6 nitrogen and oxygen atoms in total. The van der Waals surface area contributed by atoms with E-state index in [1.165, 1.54) is 0 Å². The molecule has 2 atom stereocenters. The van der Waals surface area contributed by atoms with Crippen LogP contribution in [-0.2, 0) is 16.5 Å². The third-order valence-electron chi connectivity index (χ3n) is 4.11. The van der Waals surface area contributed by atoms with Crippen LogP contribution in [0.2, 0.25) is 77.6 Å². The van der Waals surface area contributed by atoms with Gasteiger partial charge in [-0.2, -0.15) is 0 Å². The lowest BCUT2D eigenvalue weighted by molar-refractivity contribution is 0.287. The summed E-state index contributed by atoms with van der Waals surface area (Å²) in [4.78, 5) is 0. The van der Waals surface area contributed by atoms with E-state index in [1.54, 1.807) is 0 Å². The van der Waals surface area contributed by atoms with Crippen molar-refractivity contribution < 1.29 is 16.5 Å². The van der Waals surface area contributed by atoms with Crippen LogP contribution < -0.4 is 11.1 Å². The van der Waals surface area contributed by atoms with Crippen LogP contribution in [0.25, 0.3) is 0 Å². The van der Waals surface area contributed by atoms with Gasteiger partial charge in [-0.1, -0.05) is 6.42 Å². The van der Waals surface area contributed by atoms with Gasteiger partial charge < -0.3 is 27.5 Å². The third kappa shape index (κ3) is 15.6. The van der Waals surface area contributed by atoms with Crippen LogP contribution in [0.4, 0.5) is 0 Å². The van der Waals surface area contributed by atoms with E-state index in [0.29, 0.717) is 13.0 Å². The van der Waals surface area contributed by atoms with E-state index in [9.17, 15) is 0 Å².